The van der Waals surface area contributed by atoms with Gasteiger partial charge in [-0.15, -0.1) is 11.3 Å². The minimum absolute atomic E-state index is 0.0680. The average Bonchev–Trinajstić information content (AvgIpc) is 3.25. The highest BCUT2D eigenvalue weighted by Gasteiger charge is 2.09. The molecule has 0 spiro atoms. The van der Waals surface area contributed by atoms with E-state index >= 15 is 0 Å². The summed E-state index contributed by atoms with van der Waals surface area (Å²) in [7, 11) is 1.70. The first-order valence-corrected chi connectivity index (χ1v) is 10.5. The SMILES string of the molecule is COCCc1ccc(-c2csc(NC(=O)COc3ccc4ccccc4c3)n2)cc1. The lowest BCUT2D eigenvalue weighted by Crippen LogP contribution is -2.20. The van der Waals surface area contributed by atoms with Crippen LogP contribution in [0, 0.1) is 0 Å². The predicted molar refractivity (Wildman–Crippen MR) is 121 cm³/mol. The van der Waals surface area contributed by atoms with E-state index in [9.17, 15) is 4.79 Å². The zero-order valence-corrected chi connectivity index (χ0v) is 17.4. The zero-order chi connectivity index (χ0) is 20.8. The highest BCUT2D eigenvalue weighted by molar-refractivity contribution is 7.14. The Morgan fingerprint density at radius 1 is 1.03 bits per heavy atom. The number of fused-ring (bicyclic) bond motifs is 1. The minimum Gasteiger partial charge on any atom is -0.484 e. The first kappa shape index (κ1) is 20.1. The maximum atomic E-state index is 12.3. The number of ether oxygens (including phenoxy) is 2. The van der Waals surface area contributed by atoms with Crippen molar-refractivity contribution in [3.05, 3.63) is 77.7 Å². The number of hydrogen-bond acceptors (Lipinski definition) is 5. The van der Waals surface area contributed by atoms with Crippen molar-refractivity contribution in [3.63, 3.8) is 0 Å². The van der Waals surface area contributed by atoms with Gasteiger partial charge in [0.1, 0.15) is 5.75 Å². The molecule has 0 radical (unpaired) electrons. The number of amides is 1. The smallest absolute Gasteiger partial charge is 0.264 e. The van der Waals surface area contributed by atoms with Crippen LogP contribution < -0.4 is 10.1 Å². The molecule has 30 heavy (non-hydrogen) atoms. The van der Waals surface area contributed by atoms with E-state index in [1.54, 1.807) is 7.11 Å². The summed E-state index contributed by atoms with van der Waals surface area (Å²) in [4.78, 5) is 16.8. The molecular weight excluding hydrogens is 396 g/mol. The van der Waals surface area contributed by atoms with Crippen molar-refractivity contribution < 1.29 is 14.3 Å². The molecule has 6 heteroatoms. The van der Waals surface area contributed by atoms with Gasteiger partial charge in [-0.25, -0.2) is 4.98 Å². The molecule has 0 unspecified atom stereocenters. The third-order valence-electron chi connectivity index (χ3n) is 4.69. The Balaban J connectivity index is 1.33. The van der Waals surface area contributed by atoms with Gasteiger partial charge in [0.15, 0.2) is 11.7 Å². The van der Waals surface area contributed by atoms with E-state index in [4.69, 9.17) is 9.47 Å². The largest absolute Gasteiger partial charge is 0.484 e. The number of nitrogens with one attached hydrogen (secondary N) is 1. The van der Waals surface area contributed by atoms with Crippen molar-refractivity contribution >= 4 is 33.1 Å². The summed E-state index contributed by atoms with van der Waals surface area (Å²) in [6.07, 6.45) is 0.881. The molecule has 5 nitrogen and oxygen atoms in total. The number of anilines is 1. The van der Waals surface area contributed by atoms with Crippen molar-refractivity contribution in [2.24, 2.45) is 0 Å². The number of methoxy groups -OCH3 is 1. The molecule has 3 aromatic carbocycles. The minimum atomic E-state index is -0.237. The molecule has 0 saturated carbocycles. The second-order valence-corrected chi connectivity index (χ2v) is 7.68. The van der Waals surface area contributed by atoms with Crippen LogP contribution in [0.3, 0.4) is 0 Å². The predicted octanol–water partition coefficient (Wildman–Crippen LogP) is 5.17. The fraction of sp³-hybridized carbons (Fsp3) is 0.167. The van der Waals surface area contributed by atoms with Gasteiger partial charge in [0, 0.05) is 18.1 Å². The van der Waals surface area contributed by atoms with Crippen LogP contribution in [0.2, 0.25) is 0 Å². The maximum Gasteiger partial charge on any atom is 0.264 e. The van der Waals surface area contributed by atoms with Crippen LogP contribution >= 0.6 is 11.3 Å². The standard InChI is InChI=1S/C24H22N2O3S/c1-28-13-12-17-6-8-19(9-7-17)22-16-30-24(25-22)26-23(27)15-29-21-11-10-18-4-2-3-5-20(18)14-21/h2-11,14,16H,12-13,15H2,1H3,(H,25,26,27). The van der Waals surface area contributed by atoms with E-state index in [1.165, 1.54) is 16.9 Å². The van der Waals surface area contributed by atoms with Gasteiger partial charge < -0.3 is 9.47 Å². The van der Waals surface area contributed by atoms with E-state index < -0.39 is 0 Å². The molecule has 0 fully saturated rings. The monoisotopic (exact) mass is 418 g/mol. The summed E-state index contributed by atoms with van der Waals surface area (Å²) in [6.45, 7) is 0.634. The van der Waals surface area contributed by atoms with Crippen LogP contribution in [0.4, 0.5) is 5.13 Å². The Kier molecular flexibility index (Phi) is 6.37. The second kappa shape index (κ2) is 9.52. The molecule has 4 rings (SSSR count). The first-order chi connectivity index (χ1) is 14.7. The molecule has 1 N–H and O–H groups in total. The fourth-order valence-corrected chi connectivity index (χ4v) is 3.82. The van der Waals surface area contributed by atoms with Crippen LogP contribution in [0.15, 0.2) is 72.1 Å². The molecule has 1 aromatic heterocycles. The summed E-state index contributed by atoms with van der Waals surface area (Å²) in [5.41, 5.74) is 3.07. The van der Waals surface area contributed by atoms with Crippen molar-refractivity contribution in [1.82, 2.24) is 4.98 Å². The Morgan fingerprint density at radius 3 is 2.63 bits per heavy atom. The lowest BCUT2D eigenvalue weighted by atomic mass is 10.1. The molecule has 1 heterocycles. The quantitative estimate of drug-likeness (QED) is 0.429. The van der Waals surface area contributed by atoms with Crippen molar-refractivity contribution in [1.29, 1.82) is 0 Å². The molecule has 4 aromatic rings. The summed E-state index contributed by atoms with van der Waals surface area (Å²) in [6, 6.07) is 22.0. The van der Waals surface area contributed by atoms with Gasteiger partial charge in [-0.3, -0.25) is 10.1 Å². The molecule has 1 amide bonds. The number of hydrogen-bond donors (Lipinski definition) is 1. The lowest BCUT2D eigenvalue weighted by molar-refractivity contribution is -0.118. The van der Waals surface area contributed by atoms with Crippen LogP contribution in [-0.4, -0.2) is 31.2 Å². The number of carbonyl (C=O) groups is 1. The normalized spacial score (nSPS) is 10.8. The summed E-state index contributed by atoms with van der Waals surface area (Å²) in [5.74, 6) is 0.427. The van der Waals surface area contributed by atoms with Gasteiger partial charge in [0.2, 0.25) is 0 Å². The highest BCUT2D eigenvalue weighted by atomic mass is 32.1. The lowest BCUT2D eigenvalue weighted by Gasteiger charge is -2.07. The molecule has 0 aliphatic heterocycles. The number of nitrogens with zero attached hydrogens (tertiary/aromatic N) is 1. The summed E-state index contributed by atoms with van der Waals surface area (Å²) >= 11 is 1.40. The van der Waals surface area contributed by atoms with Crippen molar-refractivity contribution in [3.8, 4) is 17.0 Å². The fourth-order valence-electron chi connectivity index (χ4n) is 3.09. The molecule has 0 saturated heterocycles. The first-order valence-electron chi connectivity index (χ1n) is 9.66. The Hall–Kier alpha value is -3.22. The molecule has 0 atom stereocenters. The third-order valence-corrected chi connectivity index (χ3v) is 5.44. The van der Waals surface area contributed by atoms with E-state index in [-0.39, 0.29) is 12.5 Å². The van der Waals surface area contributed by atoms with Gasteiger partial charge >= 0.3 is 0 Å². The van der Waals surface area contributed by atoms with Crippen LogP contribution in [0.25, 0.3) is 22.0 Å². The van der Waals surface area contributed by atoms with Gasteiger partial charge in [0.25, 0.3) is 5.91 Å². The van der Waals surface area contributed by atoms with Crippen molar-refractivity contribution in [2.75, 3.05) is 25.6 Å². The Bertz CT molecular complexity index is 1140. The van der Waals surface area contributed by atoms with Crippen LogP contribution in [-0.2, 0) is 16.0 Å². The number of carbonyl (C=O) groups excluding carboxylic acids is 1. The maximum absolute atomic E-state index is 12.3. The van der Waals surface area contributed by atoms with Gasteiger partial charge in [0.05, 0.1) is 12.3 Å². The van der Waals surface area contributed by atoms with Gasteiger partial charge in [-0.2, -0.15) is 0 Å². The molecular formula is C24H22N2O3S. The summed E-state index contributed by atoms with van der Waals surface area (Å²) < 4.78 is 10.7. The van der Waals surface area contributed by atoms with E-state index in [2.05, 4.69) is 22.4 Å². The zero-order valence-electron chi connectivity index (χ0n) is 16.6. The number of thiazole rings is 1. The number of rotatable bonds is 8. The van der Waals surface area contributed by atoms with E-state index in [0.717, 1.165) is 28.5 Å². The molecule has 0 bridgehead atoms. The van der Waals surface area contributed by atoms with Crippen molar-refractivity contribution in [2.45, 2.75) is 6.42 Å². The van der Waals surface area contributed by atoms with Crippen LogP contribution in [0.5, 0.6) is 5.75 Å². The summed E-state index contributed by atoms with van der Waals surface area (Å²) in [5, 5.41) is 7.51. The van der Waals surface area contributed by atoms with E-state index in [1.807, 2.05) is 60.0 Å². The number of aromatic nitrogens is 1. The molecule has 0 aliphatic carbocycles. The van der Waals surface area contributed by atoms with E-state index in [0.29, 0.717) is 17.5 Å². The Morgan fingerprint density at radius 2 is 1.83 bits per heavy atom. The Labute approximate surface area is 179 Å². The third kappa shape index (κ3) is 5.03. The average molecular weight is 419 g/mol. The highest BCUT2D eigenvalue weighted by Crippen LogP contribution is 2.25. The second-order valence-electron chi connectivity index (χ2n) is 6.82. The molecule has 0 aliphatic rings. The molecule has 152 valence electrons. The van der Waals surface area contributed by atoms with Gasteiger partial charge in [-0.05, 0) is 34.9 Å². The van der Waals surface area contributed by atoms with Crippen LogP contribution in [0.1, 0.15) is 5.56 Å². The van der Waals surface area contributed by atoms with Gasteiger partial charge in [-0.1, -0.05) is 54.6 Å². The number of benzene rings is 3. The topological polar surface area (TPSA) is 60.5 Å².